The van der Waals surface area contributed by atoms with Crippen LogP contribution in [0, 0.1) is 0 Å². The van der Waals surface area contributed by atoms with E-state index in [0.717, 1.165) is 58.4 Å². The van der Waals surface area contributed by atoms with Gasteiger partial charge < -0.3 is 19.8 Å². The van der Waals surface area contributed by atoms with Crippen molar-refractivity contribution in [3.05, 3.63) is 248 Å². The van der Waals surface area contributed by atoms with Gasteiger partial charge in [-0.25, -0.2) is 4.79 Å². The molecule has 0 unspecified atom stereocenters. The van der Waals surface area contributed by atoms with Gasteiger partial charge in [-0.05, 0) is 98.2 Å². The molecule has 8 rings (SSSR count). The second kappa shape index (κ2) is 23.0. The van der Waals surface area contributed by atoms with E-state index >= 15 is 0 Å². The van der Waals surface area contributed by atoms with Gasteiger partial charge in [-0.1, -0.05) is 182 Å². The van der Waals surface area contributed by atoms with Crippen molar-refractivity contribution in [1.29, 1.82) is 0 Å². The van der Waals surface area contributed by atoms with Crippen LogP contribution in [0.2, 0.25) is 0 Å². The Hall–Kier alpha value is -6.24. The van der Waals surface area contributed by atoms with Gasteiger partial charge in [0.2, 0.25) is 0 Å². The van der Waals surface area contributed by atoms with Crippen molar-refractivity contribution in [2.45, 2.75) is 68.0 Å². The van der Waals surface area contributed by atoms with Gasteiger partial charge in [-0.2, -0.15) is 0 Å². The quantitative estimate of drug-likeness (QED) is 0.0326. The van der Waals surface area contributed by atoms with Gasteiger partial charge in [0.15, 0.2) is 0 Å². The van der Waals surface area contributed by atoms with Crippen LogP contribution in [-0.2, 0) is 22.2 Å². The number of benzene rings is 6. The van der Waals surface area contributed by atoms with E-state index in [1.807, 2.05) is 0 Å². The molecule has 0 spiro atoms. The third-order valence-electron chi connectivity index (χ3n) is 13.2. The number of nitrogens with zero attached hydrogens (tertiary/aromatic N) is 2. The molecule has 0 bridgehead atoms. The number of hydrogen-bond donors (Lipinski definition) is 5. The number of nitrogens with one attached hydrogen (secondary N) is 3. The number of aliphatic hydroxyl groups is 2. The van der Waals surface area contributed by atoms with Gasteiger partial charge in [0.05, 0.1) is 23.8 Å². The summed E-state index contributed by atoms with van der Waals surface area (Å²) in [7, 11) is 0. The molecule has 10 nitrogen and oxygen atoms in total. The zero-order chi connectivity index (χ0) is 46.3. The molecule has 3 atom stereocenters. The molecular weight excluding hydrogens is 835 g/mol. The van der Waals surface area contributed by atoms with E-state index in [0.29, 0.717) is 12.0 Å². The molecule has 1 aliphatic heterocycles. The maximum Gasteiger partial charge on any atom is 0.330 e. The molecule has 1 aliphatic rings. The smallest absolute Gasteiger partial charge is 0.330 e. The van der Waals surface area contributed by atoms with Crippen LogP contribution >= 0.6 is 0 Å². The first-order valence-electron chi connectivity index (χ1n) is 23.8. The van der Waals surface area contributed by atoms with Crippen LogP contribution in [-0.4, -0.2) is 76.2 Å². The maximum atomic E-state index is 13.0. The zero-order valence-corrected chi connectivity index (χ0v) is 38.1. The number of rotatable bonds is 23. The number of aryl methyl sites for hydroxylation is 1. The lowest BCUT2D eigenvalue weighted by molar-refractivity contribution is -0.0460. The summed E-state index contributed by atoms with van der Waals surface area (Å²) >= 11 is 0. The Morgan fingerprint density at radius 2 is 0.940 bits per heavy atom. The Balaban J connectivity index is 0.999. The van der Waals surface area contributed by atoms with Gasteiger partial charge in [-0.15, -0.1) is 0 Å². The molecule has 2 heterocycles. The predicted molar refractivity (Wildman–Crippen MR) is 266 cm³/mol. The van der Waals surface area contributed by atoms with Gasteiger partial charge >= 0.3 is 5.69 Å². The monoisotopic (exact) mass is 897 g/mol. The van der Waals surface area contributed by atoms with E-state index in [1.54, 1.807) is 6.20 Å². The summed E-state index contributed by atoms with van der Waals surface area (Å²) in [6.45, 7) is 3.73. The lowest BCUT2D eigenvalue weighted by Gasteiger charge is -2.38. The Kier molecular flexibility index (Phi) is 16.2. The number of unbranched alkanes of at least 4 members (excludes halogenated alkanes) is 1. The summed E-state index contributed by atoms with van der Waals surface area (Å²) < 4.78 is 7.09. The molecule has 1 saturated heterocycles. The van der Waals surface area contributed by atoms with E-state index in [4.69, 9.17) is 4.74 Å². The van der Waals surface area contributed by atoms with Crippen LogP contribution in [0.4, 0.5) is 0 Å². The van der Waals surface area contributed by atoms with Crippen molar-refractivity contribution in [2.24, 2.45) is 0 Å². The Morgan fingerprint density at radius 1 is 0.567 bits per heavy atom. The summed E-state index contributed by atoms with van der Waals surface area (Å²) in [5.74, 6) is 0. The third kappa shape index (κ3) is 11.0. The van der Waals surface area contributed by atoms with Gasteiger partial charge in [0, 0.05) is 18.2 Å². The van der Waals surface area contributed by atoms with E-state index < -0.39 is 40.8 Å². The molecule has 0 saturated carbocycles. The molecular formula is C57H63N5O5. The molecule has 0 aliphatic carbocycles. The lowest BCUT2D eigenvalue weighted by Crippen LogP contribution is -2.46. The van der Waals surface area contributed by atoms with E-state index in [1.165, 1.54) is 37.9 Å². The highest BCUT2D eigenvalue weighted by Crippen LogP contribution is 2.38. The predicted octanol–water partition coefficient (Wildman–Crippen LogP) is 7.75. The SMILES string of the molecule is O=c1[nH]c(=O)n([C@H]2C[C@H](O)[C@@H](CO)O2)cc1CCCCN(CCCNC(c1ccccc1)(c1ccccc1)c1ccccc1)CCCNC(c1ccccc1)(c1ccccc1)c1ccccc1. The Labute approximate surface area is 394 Å². The first-order valence-corrected chi connectivity index (χ1v) is 23.8. The average molecular weight is 898 g/mol. The fraction of sp³-hybridized carbons (Fsp3) is 0.298. The molecule has 0 radical (unpaired) electrons. The molecule has 7 aromatic rings. The largest absolute Gasteiger partial charge is 0.394 e. The van der Waals surface area contributed by atoms with E-state index in [9.17, 15) is 19.8 Å². The van der Waals surface area contributed by atoms with Crippen molar-refractivity contribution >= 4 is 0 Å². The van der Waals surface area contributed by atoms with Crippen LogP contribution in [0.25, 0.3) is 0 Å². The van der Waals surface area contributed by atoms with Gasteiger partial charge in [0.1, 0.15) is 12.3 Å². The van der Waals surface area contributed by atoms with Crippen molar-refractivity contribution < 1.29 is 14.9 Å². The fourth-order valence-electron chi connectivity index (χ4n) is 9.85. The number of H-pyrrole nitrogens is 1. The maximum absolute atomic E-state index is 13.0. The second-order valence-electron chi connectivity index (χ2n) is 17.5. The third-order valence-corrected chi connectivity index (χ3v) is 13.2. The lowest BCUT2D eigenvalue weighted by atomic mass is 9.77. The summed E-state index contributed by atoms with van der Waals surface area (Å²) in [4.78, 5) is 30.8. The van der Waals surface area contributed by atoms with Crippen LogP contribution in [0.15, 0.2) is 198 Å². The number of hydrogen-bond acceptors (Lipinski definition) is 8. The normalized spacial score (nSPS) is 16.4. The number of aromatic nitrogens is 2. The molecule has 6 aromatic carbocycles. The number of aromatic amines is 1. The highest BCUT2D eigenvalue weighted by atomic mass is 16.5. The van der Waals surface area contributed by atoms with E-state index in [2.05, 4.69) is 203 Å². The molecule has 5 N–H and O–H groups in total. The molecule has 0 amide bonds. The zero-order valence-electron chi connectivity index (χ0n) is 38.1. The first kappa shape index (κ1) is 47.3. The van der Waals surface area contributed by atoms with Crippen molar-refractivity contribution in [1.82, 2.24) is 25.1 Å². The van der Waals surface area contributed by atoms with E-state index in [-0.39, 0.29) is 13.0 Å². The molecule has 1 aromatic heterocycles. The highest BCUT2D eigenvalue weighted by Gasteiger charge is 2.38. The number of aliphatic hydroxyl groups excluding tert-OH is 2. The first-order chi connectivity index (χ1) is 32.9. The van der Waals surface area contributed by atoms with Gasteiger partial charge in [0.25, 0.3) is 5.56 Å². The topological polar surface area (TPSA) is 132 Å². The van der Waals surface area contributed by atoms with Crippen LogP contribution in [0.5, 0.6) is 0 Å². The molecule has 1 fully saturated rings. The molecule has 10 heteroatoms. The molecule has 346 valence electrons. The second-order valence-corrected chi connectivity index (χ2v) is 17.5. The fourth-order valence-corrected chi connectivity index (χ4v) is 9.85. The average Bonchev–Trinajstić information content (AvgIpc) is 3.77. The molecule has 67 heavy (non-hydrogen) atoms. The summed E-state index contributed by atoms with van der Waals surface area (Å²) in [5.41, 5.74) is 5.45. The van der Waals surface area contributed by atoms with Crippen LogP contribution in [0.3, 0.4) is 0 Å². The minimum atomic E-state index is -0.897. The minimum Gasteiger partial charge on any atom is -0.394 e. The minimum absolute atomic E-state index is 0.154. The van der Waals surface area contributed by atoms with Crippen molar-refractivity contribution in [3.63, 3.8) is 0 Å². The van der Waals surface area contributed by atoms with Crippen molar-refractivity contribution in [3.8, 4) is 0 Å². The Morgan fingerprint density at radius 3 is 1.30 bits per heavy atom. The van der Waals surface area contributed by atoms with Crippen LogP contribution < -0.4 is 21.9 Å². The van der Waals surface area contributed by atoms with Crippen LogP contribution in [0.1, 0.15) is 77.3 Å². The standard InChI is InChI=1S/C57H63N5O5/c63-43-52-51(64)41-53(67-52)62-42-44(54(65)60-55(62)66)23-19-20-38-61(39-21-36-58-56(45-24-7-1-8-25-45,46-26-9-2-10-27-46)47-28-11-3-12-29-47)40-22-37-59-57(48-30-13-4-14-31-48,49-32-15-5-16-33-49)50-34-17-6-18-35-50/h1-18,24-35,42,51-53,58-59,63-64H,19-23,36-41,43H2,(H,60,65,66)/t51-,52+,53+/m0/s1. The summed E-state index contributed by atoms with van der Waals surface area (Å²) in [5, 5.41) is 28.1. The highest BCUT2D eigenvalue weighted by molar-refractivity contribution is 5.51. The summed E-state index contributed by atoms with van der Waals surface area (Å²) in [6, 6.07) is 64.2. The Bertz CT molecular complexity index is 2340. The number of ether oxygens (including phenoxy) is 1. The van der Waals surface area contributed by atoms with Gasteiger partial charge in [-0.3, -0.25) is 25.0 Å². The van der Waals surface area contributed by atoms with Crippen molar-refractivity contribution in [2.75, 3.05) is 39.3 Å². The summed E-state index contributed by atoms with van der Waals surface area (Å²) in [6.07, 6.45) is 3.13.